The highest BCUT2D eigenvalue weighted by Gasteiger charge is 2.02. The number of carbonyl (C=O) groups excluding carboxylic acids is 1. The molecule has 0 radical (unpaired) electrons. The first-order chi connectivity index (χ1) is 5.34. The Bertz CT molecular complexity index is 220. The third-order valence-electron chi connectivity index (χ3n) is 1.24. The van der Waals surface area contributed by atoms with E-state index in [0.717, 1.165) is 0 Å². The zero-order chi connectivity index (χ0) is 8.10. The van der Waals surface area contributed by atoms with E-state index in [-0.39, 0.29) is 12.5 Å². The number of carbonyl (C=O) groups is 1. The van der Waals surface area contributed by atoms with E-state index >= 15 is 0 Å². The summed E-state index contributed by atoms with van der Waals surface area (Å²) in [6.07, 6.45) is 3.21. The molecule has 1 heterocycles. The predicted octanol–water partition coefficient (Wildman–Crippen LogP) is 0.714. The molecular formula is C7H9FN2O. The molecule has 0 spiro atoms. The number of hydrogen-bond acceptors (Lipinski definition) is 1. The number of aromatic amines is 1. The second-order valence-corrected chi connectivity index (χ2v) is 2.04. The summed E-state index contributed by atoms with van der Waals surface area (Å²) in [5, 5.41) is 2.40. The standard InChI is InChI=1S/C7H9FN2O/c8-2-4-10-7(11)6-1-3-9-5-6/h1,3,5,9H,2,4H2,(H,10,11). The molecule has 1 aromatic heterocycles. The fraction of sp³-hybridized carbons (Fsp3) is 0.286. The molecule has 2 N–H and O–H groups in total. The lowest BCUT2D eigenvalue weighted by atomic mass is 10.3. The van der Waals surface area contributed by atoms with Crippen LogP contribution in [0.3, 0.4) is 0 Å². The van der Waals surface area contributed by atoms with Crippen LogP contribution in [0.2, 0.25) is 0 Å². The summed E-state index contributed by atoms with van der Waals surface area (Å²) in [5.41, 5.74) is 0.526. The molecule has 0 unspecified atom stereocenters. The average molecular weight is 156 g/mol. The number of hydrogen-bond donors (Lipinski definition) is 2. The van der Waals surface area contributed by atoms with Gasteiger partial charge in [-0.15, -0.1) is 0 Å². The molecule has 11 heavy (non-hydrogen) atoms. The van der Waals surface area contributed by atoms with Crippen molar-refractivity contribution in [3.63, 3.8) is 0 Å². The quantitative estimate of drug-likeness (QED) is 0.665. The normalized spacial score (nSPS) is 9.55. The van der Waals surface area contributed by atoms with Gasteiger partial charge in [0.2, 0.25) is 0 Å². The molecule has 60 valence electrons. The molecule has 0 aliphatic rings. The van der Waals surface area contributed by atoms with Gasteiger partial charge in [0.15, 0.2) is 0 Å². The molecule has 4 heteroatoms. The Morgan fingerprint density at radius 1 is 1.73 bits per heavy atom. The minimum Gasteiger partial charge on any atom is -0.367 e. The Balaban J connectivity index is 2.43. The molecule has 0 saturated carbocycles. The summed E-state index contributed by atoms with van der Waals surface area (Å²) in [6, 6.07) is 1.63. The van der Waals surface area contributed by atoms with Crippen LogP contribution in [0.5, 0.6) is 0 Å². The molecule has 1 amide bonds. The second-order valence-electron chi connectivity index (χ2n) is 2.04. The predicted molar refractivity (Wildman–Crippen MR) is 39.1 cm³/mol. The monoisotopic (exact) mass is 156 g/mol. The van der Waals surface area contributed by atoms with Crippen molar-refractivity contribution < 1.29 is 9.18 Å². The van der Waals surface area contributed by atoms with Gasteiger partial charge in [0.25, 0.3) is 5.91 Å². The first-order valence-electron chi connectivity index (χ1n) is 3.31. The Kier molecular flexibility index (Phi) is 2.66. The number of halogens is 1. The van der Waals surface area contributed by atoms with Gasteiger partial charge in [-0.1, -0.05) is 0 Å². The summed E-state index contributed by atoms with van der Waals surface area (Å²) < 4.78 is 11.6. The largest absolute Gasteiger partial charge is 0.367 e. The summed E-state index contributed by atoms with van der Waals surface area (Å²) in [4.78, 5) is 13.7. The highest BCUT2D eigenvalue weighted by atomic mass is 19.1. The third-order valence-corrected chi connectivity index (χ3v) is 1.24. The van der Waals surface area contributed by atoms with Gasteiger partial charge in [0, 0.05) is 18.9 Å². The minimum absolute atomic E-state index is 0.0734. The Morgan fingerprint density at radius 3 is 3.09 bits per heavy atom. The summed E-state index contributed by atoms with van der Waals surface area (Å²) >= 11 is 0. The molecule has 0 bridgehead atoms. The fourth-order valence-electron chi connectivity index (χ4n) is 0.728. The molecule has 0 aliphatic heterocycles. The van der Waals surface area contributed by atoms with Crippen molar-refractivity contribution in [2.75, 3.05) is 13.2 Å². The van der Waals surface area contributed by atoms with Crippen LogP contribution >= 0.6 is 0 Å². The molecule has 3 nitrogen and oxygen atoms in total. The lowest BCUT2D eigenvalue weighted by Gasteiger charge is -1.97. The van der Waals surface area contributed by atoms with Crippen molar-refractivity contribution in [1.82, 2.24) is 10.3 Å². The Morgan fingerprint density at radius 2 is 2.55 bits per heavy atom. The molecular weight excluding hydrogens is 147 g/mol. The van der Waals surface area contributed by atoms with E-state index in [2.05, 4.69) is 10.3 Å². The summed E-state index contributed by atoms with van der Waals surface area (Å²) in [7, 11) is 0. The molecule has 0 fully saturated rings. The Labute approximate surface area is 63.6 Å². The van der Waals surface area contributed by atoms with Crippen LogP contribution in [0, 0.1) is 0 Å². The minimum atomic E-state index is -0.532. The number of amides is 1. The van der Waals surface area contributed by atoms with Gasteiger partial charge in [0.1, 0.15) is 6.67 Å². The fourth-order valence-corrected chi connectivity index (χ4v) is 0.728. The van der Waals surface area contributed by atoms with Crippen LogP contribution in [-0.4, -0.2) is 24.1 Å². The van der Waals surface area contributed by atoms with Gasteiger partial charge in [-0.3, -0.25) is 4.79 Å². The van der Waals surface area contributed by atoms with Crippen LogP contribution in [0.1, 0.15) is 10.4 Å². The Hall–Kier alpha value is -1.32. The van der Waals surface area contributed by atoms with E-state index in [9.17, 15) is 9.18 Å². The second kappa shape index (κ2) is 3.75. The zero-order valence-corrected chi connectivity index (χ0v) is 5.93. The number of rotatable bonds is 3. The van der Waals surface area contributed by atoms with E-state index in [1.165, 1.54) is 0 Å². The van der Waals surface area contributed by atoms with Crippen LogP contribution in [0.15, 0.2) is 18.5 Å². The molecule has 1 rings (SSSR count). The highest BCUT2D eigenvalue weighted by Crippen LogP contribution is 1.94. The number of aromatic nitrogens is 1. The van der Waals surface area contributed by atoms with E-state index < -0.39 is 6.67 Å². The molecule has 0 aromatic carbocycles. The van der Waals surface area contributed by atoms with Gasteiger partial charge in [-0.2, -0.15) is 0 Å². The van der Waals surface area contributed by atoms with Crippen molar-refractivity contribution in [3.05, 3.63) is 24.0 Å². The molecule has 1 aromatic rings. The van der Waals surface area contributed by atoms with Crippen LogP contribution in [0.25, 0.3) is 0 Å². The van der Waals surface area contributed by atoms with Crippen molar-refractivity contribution >= 4 is 5.91 Å². The van der Waals surface area contributed by atoms with Crippen molar-refractivity contribution in [3.8, 4) is 0 Å². The molecule has 0 aliphatic carbocycles. The number of nitrogens with one attached hydrogen (secondary N) is 2. The van der Waals surface area contributed by atoms with Crippen LogP contribution in [0.4, 0.5) is 4.39 Å². The number of H-pyrrole nitrogens is 1. The summed E-state index contributed by atoms with van der Waals surface area (Å²) in [5.74, 6) is -0.246. The van der Waals surface area contributed by atoms with E-state index in [1.807, 2.05) is 0 Å². The number of alkyl halides is 1. The van der Waals surface area contributed by atoms with E-state index in [4.69, 9.17) is 0 Å². The first-order valence-corrected chi connectivity index (χ1v) is 3.31. The van der Waals surface area contributed by atoms with Crippen LogP contribution < -0.4 is 5.32 Å². The SMILES string of the molecule is O=C(NCCF)c1cc[nH]c1. The topological polar surface area (TPSA) is 44.9 Å². The third kappa shape index (κ3) is 2.07. The molecule has 0 atom stereocenters. The van der Waals surface area contributed by atoms with Crippen molar-refractivity contribution in [2.24, 2.45) is 0 Å². The van der Waals surface area contributed by atoms with Gasteiger partial charge in [-0.25, -0.2) is 4.39 Å². The van der Waals surface area contributed by atoms with E-state index in [1.54, 1.807) is 18.5 Å². The van der Waals surface area contributed by atoms with Gasteiger partial charge >= 0.3 is 0 Å². The maximum Gasteiger partial charge on any atom is 0.252 e. The van der Waals surface area contributed by atoms with Gasteiger partial charge < -0.3 is 10.3 Å². The zero-order valence-electron chi connectivity index (χ0n) is 5.93. The molecule has 0 saturated heterocycles. The van der Waals surface area contributed by atoms with Gasteiger partial charge in [-0.05, 0) is 6.07 Å². The lowest BCUT2D eigenvalue weighted by Crippen LogP contribution is -2.24. The van der Waals surface area contributed by atoms with Gasteiger partial charge in [0.05, 0.1) is 5.56 Å². The smallest absolute Gasteiger partial charge is 0.252 e. The van der Waals surface area contributed by atoms with Crippen molar-refractivity contribution in [1.29, 1.82) is 0 Å². The maximum atomic E-state index is 11.6. The summed E-state index contributed by atoms with van der Waals surface area (Å²) in [6.45, 7) is -0.458. The van der Waals surface area contributed by atoms with Crippen LogP contribution in [-0.2, 0) is 0 Å². The van der Waals surface area contributed by atoms with Crippen molar-refractivity contribution in [2.45, 2.75) is 0 Å². The maximum absolute atomic E-state index is 11.6. The lowest BCUT2D eigenvalue weighted by molar-refractivity contribution is 0.0951. The average Bonchev–Trinajstić information content (AvgIpc) is 2.52. The van der Waals surface area contributed by atoms with E-state index in [0.29, 0.717) is 5.56 Å². The highest BCUT2D eigenvalue weighted by molar-refractivity contribution is 5.93. The first kappa shape index (κ1) is 7.78.